The molecule has 1 aliphatic rings. The second kappa shape index (κ2) is 10.7. The van der Waals surface area contributed by atoms with Gasteiger partial charge in [0.05, 0.1) is 14.2 Å². The molecular formula is C24H27ClN4O4. The summed E-state index contributed by atoms with van der Waals surface area (Å²) in [6, 6.07) is 12.4. The highest BCUT2D eigenvalue weighted by molar-refractivity contribution is 6.30. The molecule has 1 N–H and O–H groups in total. The van der Waals surface area contributed by atoms with Crippen LogP contribution in [0.4, 0.5) is 0 Å². The number of amides is 1. The summed E-state index contributed by atoms with van der Waals surface area (Å²) in [7, 11) is 3.20. The lowest BCUT2D eigenvalue weighted by molar-refractivity contribution is 0.0945. The Bertz CT molecular complexity index is 1080. The van der Waals surface area contributed by atoms with Gasteiger partial charge in [0.15, 0.2) is 11.5 Å². The minimum atomic E-state index is -0.0879. The molecular weight excluding hydrogens is 444 g/mol. The highest BCUT2D eigenvalue weighted by atomic mass is 35.5. The summed E-state index contributed by atoms with van der Waals surface area (Å²) in [5, 5.41) is 7.74. The zero-order valence-electron chi connectivity index (χ0n) is 18.7. The third-order valence-electron chi connectivity index (χ3n) is 5.84. The van der Waals surface area contributed by atoms with Crippen LogP contribution < -0.4 is 14.8 Å². The molecule has 0 spiro atoms. The first-order valence-electron chi connectivity index (χ1n) is 10.9. The fraction of sp³-hybridized carbons (Fsp3) is 0.375. The first-order valence-corrected chi connectivity index (χ1v) is 11.3. The molecule has 0 unspecified atom stereocenters. The van der Waals surface area contributed by atoms with E-state index in [4.69, 9.17) is 25.6 Å². The Labute approximate surface area is 197 Å². The summed E-state index contributed by atoms with van der Waals surface area (Å²) in [6.07, 6.45) is 1.86. The number of nitrogens with one attached hydrogen (secondary N) is 1. The van der Waals surface area contributed by atoms with Gasteiger partial charge >= 0.3 is 0 Å². The molecule has 1 fully saturated rings. The van der Waals surface area contributed by atoms with Crippen molar-refractivity contribution in [3.8, 4) is 22.9 Å². The highest BCUT2D eigenvalue weighted by Crippen LogP contribution is 2.33. The lowest BCUT2D eigenvalue weighted by Gasteiger charge is -2.30. The molecule has 0 radical (unpaired) electrons. The molecule has 4 rings (SSSR count). The van der Waals surface area contributed by atoms with Gasteiger partial charge in [-0.1, -0.05) is 16.8 Å². The van der Waals surface area contributed by atoms with Gasteiger partial charge in [0.25, 0.3) is 5.91 Å². The lowest BCUT2D eigenvalue weighted by atomic mass is 9.97. The van der Waals surface area contributed by atoms with Gasteiger partial charge in [-0.25, -0.2) is 0 Å². The molecule has 33 heavy (non-hydrogen) atoms. The first-order chi connectivity index (χ1) is 16.1. The molecule has 1 amide bonds. The Morgan fingerprint density at radius 3 is 2.55 bits per heavy atom. The Kier molecular flexibility index (Phi) is 7.47. The number of carbonyl (C=O) groups excluding carboxylic acids is 1. The summed E-state index contributed by atoms with van der Waals surface area (Å²) in [5.41, 5.74) is 1.43. The monoisotopic (exact) mass is 470 g/mol. The third-order valence-corrected chi connectivity index (χ3v) is 6.09. The van der Waals surface area contributed by atoms with E-state index in [1.165, 1.54) is 0 Å². The van der Waals surface area contributed by atoms with Gasteiger partial charge in [-0.15, -0.1) is 0 Å². The molecule has 0 atom stereocenters. The number of ether oxygens (including phenoxy) is 2. The fourth-order valence-corrected chi connectivity index (χ4v) is 4.05. The van der Waals surface area contributed by atoms with Crippen LogP contribution in [0, 0.1) is 0 Å². The second-order valence-electron chi connectivity index (χ2n) is 7.90. The molecule has 1 aliphatic heterocycles. The maximum absolute atomic E-state index is 12.2. The zero-order valence-corrected chi connectivity index (χ0v) is 19.5. The van der Waals surface area contributed by atoms with Crippen LogP contribution in [0.5, 0.6) is 11.5 Å². The van der Waals surface area contributed by atoms with Gasteiger partial charge in [0.1, 0.15) is 0 Å². The number of benzene rings is 2. The maximum atomic E-state index is 12.2. The lowest BCUT2D eigenvalue weighted by Crippen LogP contribution is -2.39. The normalized spacial score (nSPS) is 14.8. The number of likely N-dealkylation sites (tertiary alicyclic amines) is 1. The van der Waals surface area contributed by atoms with E-state index < -0.39 is 0 Å². The Hall–Kier alpha value is -3.10. The number of piperidine rings is 1. The van der Waals surface area contributed by atoms with Gasteiger partial charge in [0.2, 0.25) is 11.7 Å². The van der Waals surface area contributed by atoms with E-state index >= 15 is 0 Å². The molecule has 0 bridgehead atoms. The van der Waals surface area contributed by atoms with E-state index in [2.05, 4.69) is 20.4 Å². The maximum Gasteiger partial charge on any atom is 0.251 e. The molecule has 174 valence electrons. The van der Waals surface area contributed by atoms with Crippen molar-refractivity contribution in [2.45, 2.75) is 18.8 Å². The largest absolute Gasteiger partial charge is 0.493 e. The standard InChI is InChI=1S/C24H27ClN4O4/c1-31-20-8-5-18(15-21(20)32-2)22-27-24(33-28-22)17-9-12-29(13-10-17)14-11-26-23(30)16-3-6-19(25)7-4-16/h3-8,15,17H,9-14H2,1-2H3,(H,26,30). The molecule has 3 aromatic rings. The quantitative estimate of drug-likeness (QED) is 0.531. The van der Waals surface area contributed by atoms with Crippen LogP contribution in [0.15, 0.2) is 47.0 Å². The summed E-state index contributed by atoms with van der Waals surface area (Å²) in [5.74, 6) is 2.62. The van der Waals surface area contributed by atoms with Crippen LogP contribution in [0.3, 0.4) is 0 Å². The van der Waals surface area contributed by atoms with E-state index in [0.29, 0.717) is 40.3 Å². The predicted octanol–water partition coefficient (Wildman–Crippen LogP) is 4.02. The van der Waals surface area contributed by atoms with Crippen LogP contribution in [-0.2, 0) is 0 Å². The molecule has 2 aromatic carbocycles. The molecule has 2 heterocycles. The van der Waals surface area contributed by atoms with E-state index in [1.54, 1.807) is 38.5 Å². The van der Waals surface area contributed by atoms with Crippen molar-refractivity contribution in [3.63, 3.8) is 0 Å². The van der Waals surface area contributed by atoms with Crippen molar-refractivity contribution in [2.24, 2.45) is 0 Å². The minimum absolute atomic E-state index is 0.0879. The van der Waals surface area contributed by atoms with Gasteiger partial charge in [0, 0.05) is 35.2 Å². The highest BCUT2D eigenvalue weighted by Gasteiger charge is 2.25. The average Bonchev–Trinajstić information content (AvgIpc) is 3.34. The van der Waals surface area contributed by atoms with E-state index in [9.17, 15) is 4.79 Å². The van der Waals surface area contributed by atoms with Crippen LogP contribution >= 0.6 is 11.6 Å². The molecule has 1 saturated heterocycles. The summed E-state index contributed by atoms with van der Waals surface area (Å²) in [4.78, 5) is 19.2. The van der Waals surface area contributed by atoms with Crippen molar-refractivity contribution in [3.05, 3.63) is 58.9 Å². The van der Waals surface area contributed by atoms with Gasteiger partial charge in [-0.3, -0.25) is 4.79 Å². The zero-order chi connectivity index (χ0) is 23.2. The van der Waals surface area contributed by atoms with Gasteiger partial charge in [-0.05, 0) is 68.4 Å². The molecule has 9 heteroatoms. The number of methoxy groups -OCH3 is 2. The number of hydrogen-bond donors (Lipinski definition) is 1. The van der Waals surface area contributed by atoms with Crippen molar-refractivity contribution < 1.29 is 18.8 Å². The summed E-state index contributed by atoms with van der Waals surface area (Å²) >= 11 is 5.87. The summed E-state index contributed by atoms with van der Waals surface area (Å²) in [6.45, 7) is 3.22. The molecule has 8 nitrogen and oxygen atoms in total. The smallest absolute Gasteiger partial charge is 0.251 e. The van der Waals surface area contributed by atoms with Crippen molar-refractivity contribution in [1.82, 2.24) is 20.4 Å². The number of rotatable bonds is 8. The van der Waals surface area contributed by atoms with Crippen LogP contribution in [0.25, 0.3) is 11.4 Å². The van der Waals surface area contributed by atoms with E-state index in [-0.39, 0.29) is 11.8 Å². The molecule has 1 aromatic heterocycles. The average molecular weight is 471 g/mol. The van der Waals surface area contributed by atoms with Gasteiger partial charge in [-0.2, -0.15) is 4.98 Å². The van der Waals surface area contributed by atoms with E-state index in [1.807, 2.05) is 18.2 Å². The second-order valence-corrected chi connectivity index (χ2v) is 8.34. The first kappa shape index (κ1) is 23.1. The SMILES string of the molecule is COc1ccc(-c2noc(C3CCN(CCNC(=O)c4ccc(Cl)cc4)CC3)n2)cc1OC. The summed E-state index contributed by atoms with van der Waals surface area (Å²) < 4.78 is 16.2. The van der Waals surface area contributed by atoms with Gasteiger partial charge < -0.3 is 24.2 Å². The Morgan fingerprint density at radius 1 is 1.12 bits per heavy atom. The topological polar surface area (TPSA) is 89.7 Å². The van der Waals surface area contributed by atoms with Crippen molar-refractivity contribution in [1.29, 1.82) is 0 Å². The fourth-order valence-electron chi connectivity index (χ4n) is 3.93. The Morgan fingerprint density at radius 2 is 1.85 bits per heavy atom. The number of aromatic nitrogens is 2. The molecule has 0 saturated carbocycles. The number of halogens is 1. The van der Waals surface area contributed by atoms with Crippen molar-refractivity contribution in [2.75, 3.05) is 40.4 Å². The number of nitrogens with zero attached hydrogens (tertiary/aromatic N) is 3. The third kappa shape index (κ3) is 5.64. The minimum Gasteiger partial charge on any atom is -0.493 e. The molecule has 0 aliphatic carbocycles. The number of carbonyl (C=O) groups is 1. The predicted molar refractivity (Wildman–Crippen MR) is 125 cm³/mol. The number of hydrogen-bond acceptors (Lipinski definition) is 7. The van der Waals surface area contributed by atoms with Crippen LogP contribution in [0.2, 0.25) is 5.02 Å². The van der Waals surface area contributed by atoms with Crippen LogP contribution in [-0.4, -0.2) is 61.3 Å². The van der Waals surface area contributed by atoms with Crippen LogP contribution in [0.1, 0.15) is 35.0 Å². The van der Waals surface area contributed by atoms with E-state index in [0.717, 1.165) is 38.0 Å². The van der Waals surface area contributed by atoms with Crippen molar-refractivity contribution >= 4 is 17.5 Å². The Balaban J connectivity index is 1.26.